The van der Waals surface area contributed by atoms with Crippen molar-refractivity contribution in [2.75, 3.05) is 7.11 Å². The van der Waals surface area contributed by atoms with E-state index < -0.39 is 0 Å². The van der Waals surface area contributed by atoms with Crippen LogP contribution in [-0.2, 0) is 6.61 Å². The van der Waals surface area contributed by atoms with E-state index in [1.54, 1.807) is 7.11 Å². The normalized spacial score (nSPS) is 10.6. The van der Waals surface area contributed by atoms with Crippen LogP contribution in [0.25, 0.3) is 22.8 Å². The maximum absolute atomic E-state index is 5.95. The molecule has 0 fully saturated rings. The fourth-order valence-corrected chi connectivity index (χ4v) is 2.93. The molecule has 0 bridgehead atoms. The molecule has 0 radical (unpaired) electrons. The first-order valence-electron chi connectivity index (χ1n) is 8.99. The summed E-state index contributed by atoms with van der Waals surface area (Å²) in [5, 5.41) is 4.09. The Morgan fingerprint density at radius 3 is 2.50 bits per heavy atom. The van der Waals surface area contributed by atoms with Gasteiger partial charge in [0.25, 0.3) is 5.89 Å². The van der Waals surface area contributed by atoms with Crippen LogP contribution in [0.2, 0.25) is 0 Å². The van der Waals surface area contributed by atoms with Crippen molar-refractivity contribution in [3.8, 4) is 34.3 Å². The Hall–Kier alpha value is -3.60. The third-order valence-electron chi connectivity index (χ3n) is 4.35. The molecule has 0 saturated carbocycles. The highest BCUT2D eigenvalue weighted by Gasteiger charge is 2.13. The largest absolute Gasteiger partial charge is 0.493 e. The summed E-state index contributed by atoms with van der Waals surface area (Å²) in [6.45, 7) is 2.53. The van der Waals surface area contributed by atoms with E-state index >= 15 is 0 Å². The summed E-state index contributed by atoms with van der Waals surface area (Å²) in [5.74, 6) is 2.27. The van der Waals surface area contributed by atoms with Gasteiger partial charge in [0.15, 0.2) is 11.5 Å². The predicted octanol–water partition coefficient (Wildman–Crippen LogP) is 5.30. The average Bonchev–Trinajstić information content (AvgIpc) is 3.23. The van der Waals surface area contributed by atoms with Crippen molar-refractivity contribution in [2.45, 2.75) is 13.5 Å². The van der Waals surface area contributed by atoms with E-state index in [2.05, 4.69) is 29.2 Å². The number of ether oxygens (including phenoxy) is 2. The lowest BCUT2D eigenvalue weighted by Crippen LogP contribution is -1.98. The Morgan fingerprint density at radius 2 is 1.71 bits per heavy atom. The highest BCUT2D eigenvalue weighted by Crippen LogP contribution is 2.33. The molecular formula is C23H20N2O3. The molecule has 4 rings (SSSR count). The lowest BCUT2D eigenvalue weighted by molar-refractivity contribution is 0.284. The van der Waals surface area contributed by atoms with Crippen LogP contribution >= 0.6 is 0 Å². The van der Waals surface area contributed by atoms with Crippen LogP contribution in [0.15, 0.2) is 77.3 Å². The molecule has 0 aliphatic rings. The van der Waals surface area contributed by atoms with Gasteiger partial charge in [-0.15, -0.1) is 0 Å². The number of rotatable bonds is 6. The average molecular weight is 372 g/mol. The van der Waals surface area contributed by atoms with E-state index in [0.717, 1.165) is 16.7 Å². The second kappa shape index (κ2) is 7.96. The fraction of sp³-hybridized carbons (Fsp3) is 0.130. The minimum Gasteiger partial charge on any atom is -0.493 e. The second-order valence-electron chi connectivity index (χ2n) is 6.43. The molecule has 3 aromatic carbocycles. The Bertz CT molecular complexity index is 1070. The van der Waals surface area contributed by atoms with Gasteiger partial charge in [-0.3, -0.25) is 0 Å². The molecule has 0 aliphatic heterocycles. The molecule has 5 heteroatoms. The zero-order valence-electron chi connectivity index (χ0n) is 15.8. The minimum absolute atomic E-state index is 0.470. The molecule has 140 valence electrons. The highest BCUT2D eigenvalue weighted by molar-refractivity contribution is 5.63. The van der Waals surface area contributed by atoms with Gasteiger partial charge in [0.2, 0.25) is 5.82 Å². The van der Waals surface area contributed by atoms with E-state index in [0.29, 0.717) is 29.8 Å². The molecular weight excluding hydrogens is 352 g/mol. The number of benzene rings is 3. The van der Waals surface area contributed by atoms with Gasteiger partial charge in [-0.05, 0) is 42.8 Å². The second-order valence-corrected chi connectivity index (χ2v) is 6.43. The summed E-state index contributed by atoms with van der Waals surface area (Å²) in [4.78, 5) is 4.48. The number of aromatic nitrogens is 2. The Labute approximate surface area is 163 Å². The smallest absolute Gasteiger partial charge is 0.258 e. The van der Waals surface area contributed by atoms with Gasteiger partial charge in [0, 0.05) is 11.1 Å². The van der Waals surface area contributed by atoms with Crippen molar-refractivity contribution in [2.24, 2.45) is 0 Å². The standard InChI is InChI=1S/C23H20N2O3/c1-16-7-6-8-17(13-16)15-27-20-12-11-19(14-21(20)26-2)22-24-23(28-25-22)18-9-4-3-5-10-18/h3-14H,15H2,1-2H3. The van der Waals surface area contributed by atoms with Gasteiger partial charge in [0.05, 0.1) is 7.11 Å². The maximum atomic E-state index is 5.95. The third kappa shape index (κ3) is 3.88. The maximum Gasteiger partial charge on any atom is 0.258 e. The van der Waals surface area contributed by atoms with Gasteiger partial charge in [-0.2, -0.15) is 4.98 Å². The number of nitrogens with zero attached hydrogens (tertiary/aromatic N) is 2. The molecule has 0 saturated heterocycles. The molecule has 4 aromatic rings. The molecule has 5 nitrogen and oxygen atoms in total. The minimum atomic E-state index is 0.470. The van der Waals surface area contributed by atoms with Gasteiger partial charge < -0.3 is 14.0 Å². The Kier molecular flexibility index (Phi) is 5.06. The molecule has 1 aromatic heterocycles. The summed E-state index contributed by atoms with van der Waals surface area (Å²) in [7, 11) is 1.62. The van der Waals surface area contributed by atoms with Crippen molar-refractivity contribution in [3.05, 3.63) is 83.9 Å². The Balaban J connectivity index is 1.54. The van der Waals surface area contributed by atoms with Crippen molar-refractivity contribution in [3.63, 3.8) is 0 Å². The van der Waals surface area contributed by atoms with Gasteiger partial charge in [0.1, 0.15) is 6.61 Å². The first-order valence-corrected chi connectivity index (χ1v) is 8.99. The number of methoxy groups -OCH3 is 1. The van der Waals surface area contributed by atoms with Gasteiger partial charge >= 0.3 is 0 Å². The summed E-state index contributed by atoms with van der Waals surface area (Å²) < 4.78 is 16.8. The van der Waals surface area contributed by atoms with E-state index in [1.807, 2.05) is 60.7 Å². The van der Waals surface area contributed by atoms with E-state index in [4.69, 9.17) is 14.0 Å². The lowest BCUT2D eigenvalue weighted by atomic mass is 10.1. The first-order chi connectivity index (χ1) is 13.7. The quantitative estimate of drug-likeness (QED) is 0.460. The first kappa shape index (κ1) is 17.8. The van der Waals surface area contributed by atoms with Crippen LogP contribution in [-0.4, -0.2) is 17.3 Å². The van der Waals surface area contributed by atoms with Crippen LogP contribution in [0.4, 0.5) is 0 Å². The molecule has 28 heavy (non-hydrogen) atoms. The van der Waals surface area contributed by atoms with Crippen LogP contribution in [0, 0.1) is 6.92 Å². The molecule has 0 unspecified atom stereocenters. The molecule has 0 atom stereocenters. The molecule has 0 N–H and O–H groups in total. The molecule has 0 aliphatic carbocycles. The van der Waals surface area contributed by atoms with E-state index in [-0.39, 0.29) is 0 Å². The lowest BCUT2D eigenvalue weighted by Gasteiger charge is -2.11. The number of hydrogen-bond acceptors (Lipinski definition) is 5. The molecule has 0 spiro atoms. The van der Waals surface area contributed by atoms with Crippen LogP contribution < -0.4 is 9.47 Å². The topological polar surface area (TPSA) is 57.4 Å². The van der Waals surface area contributed by atoms with Crippen molar-refractivity contribution in [1.29, 1.82) is 0 Å². The highest BCUT2D eigenvalue weighted by atomic mass is 16.5. The zero-order valence-corrected chi connectivity index (χ0v) is 15.8. The van der Waals surface area contributed by atoms with E-state index in [1.165, 1.54) is 5.56 Å². The monoisotopic (exact) mass is 372 g/mol. The van der Waals surface area contributed by atoms with Crippen LogP contribution in [0.1, 0.15) is 11.1 Å². The van der Waals surface area contributed by atoms with Crippen molar-refractivity contribution < 1.29 is 14.0 Å². The summed E-state index contributed by atoms with van der Waals surface area (Å²) in [6.07, 6.45) is 0. The van der Waals surface area contributed by atoms with Gasteiger partial charge in [-0.1, -0.05) is 53.2 Å². The predicted molar refractivity (Wildman–Crippen MR) is 107 cm³/mol. The van der Waals surface area contributed by atoms with Crippen molar-refractivity contribution >= 4 is 0 Å². The molecule has 0 amide bonds. The number of aryl methyl sites for hydroxylation is 1. The van der Waals surface area contributed by atoms with Gasteiger partial charge in [-0.25, -0.2) is 0 Å². The summed E-state index contributed by atoms with van der Waals surface area (Å²) in [6, 6.07) is 23.5. The van der Waals surface area contributed by atoms with Crippen LogP contribution in [0.3, 0.4) is 0 Å². The summed E-state index contributed by atoms with van der Waals surface area (Å²) >= 11 is 0. The third-order valence-corrected chi connectivity index (χ3v) is 4.35. The zero-order chi connectivity index (χ0) is 19.3. The molecule has 1 heterocycles. The number of hydrogen-bond donors (Lipinski definition) is 0. The van der Waals surface area contributed by atoms with E-state index in [9.17, 15) is 0 Å². The fourth-order valence-electron chi connectivity index (χ4n) is 2.93. The van der Waals surface area contributed by atoms with Crippen LogP contribution in [0.5, 0.6) is 11.5 Å². The SMILES string of the molecule is COc1cc(-c2noc(-c3ccccc3)n2)ccc1OCc1cccc(C)c1. The Morgan fingerprint density at radius 1 is 0.857 bits per heavy atom. The van der Waals surface area contributed by atoms with Crippen molar-refractivity contribution in [1.82, 2.24) is 10.1 Å². The summed E-state index contributed by atoms with van der Waals surface area (Å²) in [5.41, 5.74) is 3.99.